The Morgan fingerprint density at radius 1 is 1.62 bits per heavy atom. The van der Waals surface area contributed by atoms with Gasteiger partial charge in [-0.2, -0.15) is 0 Å². The quantitative estimate of drug-likeness (QED) is 0.684. The van der Waals surface area contributed by atoms with Crippen LogP contribution in [-0.2, 0) is 5.54 Å². The predicted molar refractivity (Wildman–Crippen MR) is 49.8 cm³/mol. The molecule has 1 atom stereocenters. The number of hydrogen-bond donors (Lipinski definition) is 2. The van der Waals surface area contributed by atoms with E-state index in [1.807, 2.05) is 0 Å². The summed E-state index contributed by atoms with van der Waals surface area (Å²) in [4.78, 5) is 0. The molecule has 0 aliphatic carbocycles. The number of rotatable bonds is 2. The van der Waals surface area contributed by atoms with E-state index in [0.29, 0.717) is 5.56 Å². The van der Waals surface area contributed by atoms with Gasteiger partial charge in [0.1, 0.15) is 11.6 Å². The molecule has 1 aromatic rings. The van der Waals surface area contributed by atoms with Crippen LogP contribution in [-0.4, -0.2) is 5.11 Å². The Morgan fingerprint density at radius 3 is 2.77 bits per heavy atom. The molecule has 0 aliphatic heterocycles. The Hall–Kier alpha value is -1.35. The van der Waals surface area contributed by atoms with Crippen molar-refractivity contribution in [3.63, 3.8) is 0 Å². The molecule has 3 heteroatoms. The first kappa shape index (κ1) is 9.74. The van der Waals surface area contributed by atoms with Crippen molar-refractivity contribution in [3.05, 3.63) is 42.2 Å². The fraction of sp³-hybridized carbons (Fsp3) is 0.200. The highest BCUT2D eigenvalue weighted by atomic mass is 19.1. The van der Waals surface area contributed by atoms with Crippen LogP contribution in [0.3, 0.4) is 0 Å². The first-order valence-corrected chi connectivity index (χ1v) is 3.89. The summed E-state index contributed by atoms with van der Waals surface area (Å²) < 4.78 is 12.8. The summed E-state index contributed by atoms with van der Waals surface area (Å²) >= 11 is 0. The molecule has 0 bridgehead atoms. The van der Waals surface area contributed by atoms with Crippen molar-refractivity contribution in [1.82, 2.24) is 0 Å². The second-order valence-electron chi connectivity index (χ2n) is 3.15. The molecule has 0 saturated heterocycles. The molecule has 70 valence electrons. The third-order valence-corrected chi connectivity index (χ3v) is 1.96. The zero-order valence-electron chi connectivity index (χ0n) is 7.42. The maximum Gasteiger partial charge on any atom is 0.123 e. The molecule has 13 heavy (non-hydrogen) atoms. The number of halogens is 1. The van der Waals surface area contributed by atoms with E-state index < -0.39 is 11.4 Å². The molecule has 3 N–H and O–H groups in total. The molecule has 0 heterocycles. The standard InChI is InChI=1S/C10H12FNO/c1-3-10(2,12)8-6-7(11)4-5-9(8)13/h3-6,13H,1,12H2,2H3. The Labute approximate surface area is 76.5 Å². The van der Waals surface area contributed by atoms with Gasteiger partial charge in [0.05, 0.1) is 5.54 Å². The Kier molecular flexibility index (Phi) is 2.38. The summed E-state index contributed by atoms with van der Waals surface area (Å²) in [6, 6.07) is 3.66. The summed E-state index contributed by atoms with van der Waals surface area (Å²) in [5, 5.41) is 9.41. The van der Waals surface area contributed by atoms with E-state index in [1.54, 1.807) is 6.92 Å². The molecule has 1 unspecified atom stereocenters. The Bertz CT molecular complexity index is 334. The van der Waals surface area contributed by atoms with Crippen molar-refractivity contribution in [2.45, 2.75) is 12.5 Å². The molecule has 0 fully saturated rings. The van der Waals surface area contributed by atoms with Crippen LogP contribution < -0.4 is 5.73 Å². The molecule has 1 aromatic carbocycles. The van der Waals surface area contributed by atoms with Crippen LogP contribution in [0.15, 0.2) is 30.9 Å². The molecule has 0 radical (unpaired) electrons. The van der Waals surface area contributed by atoms with Gasteiger partial charge in [0.15, 0.2) is 0 Å². The van der Waals surface area contributed by atoms with E-state index in [-0.39, 0.29) is 5.75 Å². The molecule has 0 saturated carbocycles. The normalized spacial score (nSPS) is 15.0. The third-order valence-electron chi connectivity index (χ3n) is 1.96. The minimum atomic E-state index is -0.911. The van der Waals surface area contributed by atoms with Crippen molar-refractivity contribution in [2.24, 2.45) is 5.73 Å². The van der Waals surface area contributed by atoms with Crippen LogP contribution >= 0.6 is 0 Å². The SMILES string of the molecule is C=CC(C)(N)c1cc(F)ccc1O. The largest absolute Gasteiger partial charge is 0.508 e. The van der Waals surface area contributed by atoms with Crippen molar-refractivity contribution >= 4 is 0 Å². The van der Waals surface area contributed by atoms with Gasteiger partial charge >= 0.3 is 0 Å². The predicted octanol–water partition coefficient (Wildman–Crippen LogP) is 1.89. The minimum Gasteiger partial charge on any atom is -0.508 e. The zero-order chi connectivity index (χ0) is 10.1. The van der Waals surface area contributed by atoms with Gasteiger partial charge in [-0.25, -0.2) is 4.39 Å². The van der Waals surface area contributed by atoms with Gasteiger partial charge in [0.25, 0.3) is 0 Å². The van der Waals surface area contributed by atoms with Gasteiger partial charge in [-0.1, -0.05) is 6.08 Å². The van der Waals surface area contributed by atoms with Crippen molar-refractivity contribution in [2.75, 3.05) is 0 Å². The number of hydrogen-bond acceptors (Lipinski definition) is 2. The van der Waals surface area contributed by atoms with Crippen LogP contribution in [0.25, 0.3) is 0 Å². The number of aromatic hydroxyl groups is 1. The van der Waals surface area contributed by atoms with Crippen LogP contribution in [0.1, 0.15) is 12.5 Å². The van der Waals surface area contributed by atoms with E-state index in [2.05, 4.69) is 6.58 Å². The molecule has 0 amide bonds. The maximum absolute atomic E-state index is 12.8. The van der Waals surface area contributed by atoms with Gasteiger partial charge < -0.3 is 10.8 Å². The van der Waals surface area contributed by atoms with Gasteiger partial charge in [-0.05, 0) is 25.1 Å². The third kappa shape index (κ3) is 1.87. The van der Waals surface area contributed by atoms with Gasteiger partial charge in [-0.15, -0.1) is 6.58 Å². The fourth-order valence-corrected chi connectivity index (χ4v) is 1.05. The van der Waals surface area contributed by atoms with Crippen LogP contribution in [0.4, 0.5) is 4.39 Å². The van der Waals surface area contributed by atoms with Gasteiger partial charge in [0.2, 0.25) is 0 Å². The number of benzene rings is 1. The van der Waals surface area contributed by atoms with Gasteiger partial charge in [0, 0.05) is 5.56 Å². The first-order chi connectivity index (χ1) is 5.97. The van der Waals surface area contributed by atoms with Crippen molar-refractivity contribution in [1.29, 1.82) is 0 Å². The lowest BCUT2D eigenvalue weighted by Gasteiger charge is -2.21. The molecule has 0 aliphatic rings. The summed E-state index contributed by atoms with van der Waals surface area (Å²) in [6.45, 7) is 5.17. The zero-order valence-corrected chi connectivity index (χ0v) is 7.42. The van der Waals surface area contributed by atoms with Crippen LogP contribution in [0, 0.1) is 5.82 Å². The second kappa shape index (κ2) is 3.18. The number of nitrogens with two attached hydrogens (primary N) is 1. The Morgan fingerprint density at radius 2 is 2.23 bits per heavy atom. The lowest BCUT2D eigenvalue weighted by molar-refractivity contribution is 0.448. The monoisotopic (exact) mass is 181 g/mol. The van der Waals surface area contributed by atoms with Crippen LogP contribution in [0.5, 0.6) is 5.75 Å². The van der Waals surface area contributed by atoms with E-state index in [4.69, 9.17) is 5.73 Å². The smallest absolute Gasteiger partial charge is 0.123 e. The summed E-state index contributed by atoms with van der Waals surface area (Å²) in [5.41, 5.74) is 5.19. The van der Waals surface area contributed by atoms with E-state index in [0.717, 1.165) is 0 Å². The van der Waals surface area contributed by atoms with Gasteiger partial charge in [-0.3, -0.25) is 0 Å². The molecule has 0 aromatic heterocycles. The van der Waals surface area contributed by atoms with Crippen molar-refractivity contribution < 1.29 is 9.50 Å². The summed E-state index contributed by atoms with van der Waals surface area (Å²) in [6.07, 6.45) is 1.46. The van der Waals surface area contributed by atoms with Crippen LogP contribution in [0.2, 0.25) is 0 Å². The van der Waals surface area contributed by atoms with E-state index in [1.165, 1.54) is 24.3 Å². The molecular weight excluding hydrogens is 169 g/mol. The molecule has 1 rings (SSSR count). The molecule has 0 spiro atoms. The van der Waals surface area contributed by atoms with Crippen molar-refractivity contribution in [3.8, 4) is 5.75 Å². The minimum absolute atomic E-state index is 0.0219. The molecule has 2 nitrogen and oxygen atoms in total. The molecular formula is C10H12FNO. The topological polar surface area (TPSA) is 46.2 Å². The number of phenols is 1. The van der Waals surface area contributed by atoms with E-state index in [9.17, 15) is 9.50 Å². The van der Waals surface area contributed by atoms with E-state index >= 15 is 0 Å². The lowest BCUT2D eigenvalue weighted by atomic mass is 9.92. The average molecular weight is 181 g/mol. The maximum atomic E-state index is 12.8. The first-order valence-electron chi connectivity index (χ1n) is 3.89. The average Bonchev–Trinajstić information content (AvgIpc) is 2.09. The highest BCUT2D eigenvalue weighted by Crippen LogP contribution is 2.28. The lowest BCUT2D eigenvalue weighted by Crippen LogP contribution is -2.30. The Balaban J connectivity index is 3.28. The summed E-state index contributed by atoms with van der Waals surface area (Å²) in [5.74, 6) is -0.447. The number of phenolic OH excluding ortho intramolecular Hbond substituents is 1. The highest BCUT2D eigenvalue weighted by molar-refractivity contribution is 5.40. The highest BCUT2D eigenvalue weighted by Gasteiger charge is 2.20. The summed E-state index contributed by atoms with van der Waals surface area (Å²) in [7, 11) is 0. The second-order valence-corrected chi connectivity index (χ2v) is 3.15. The fourth-order valence-electron chi connectivity index (χ4n) is 1.05.